The van der Waals surface area contributed by atoms with Crippen molar-refractivity contribution in [3.05, 3.63) is 16.6 Å². The average molecular weight is 298 g/mol. The third kappa shape index (κ3) is 3.55. The summed E-state index contributed by atoms with van der Waals surface area (Å²) in [6, 6.07) is 0.0508. The molecule has 0 spiro atoms. The van der Waals surface area contributed by atoms with Gasteiger partial charge >= 0.3 is 5.97 Å². The standard InChI is InChI=1S/C13H18N2O4S/c1-9-11(8-20-14-9)13(18)15(5-2-12(16)17)10-3-6-19-7-4-10/h8,10H,2-7H2,1H3,(H,16,17). The van der Waals surface area contributed by atoms with E-state index in [9.17, 15) is 9.59 Å². The van der Waals surface area contributed by atoms with Crippen LogP contribution in [0.25, 0.3) is 0 Å². The first-order valence-electron chi connectivity index (χ1n) is 6.61. The van der Waals surface area contributed by atoms with Crippen molar-refractivity contribution < 1.29 is 19.4 Å². The first kappa shape index (κ1) is 14.9. The molecular weight excluding hydrogens is 280 g/mol. The second-order valence-electron chi connectivity index (χ2n) is 4.80. The molecule has 0 bridgehead atoms. The Hall–Kier alpha value is -1.47. The van der Waals surface area contributed by atoms with Crippen LogP contribution in [0.2, 0.25) is 0 Å². The second-order valence-corrected chi connectivity index (χ2v) is 5.43. The zero-order valence-corrected chi connectivity index (χ0v) is 12.2. The van der Waals surface area contributed by atoms with E-state index in [1.165, 1.54) is 11.5 Å². The van der Waals surface area contributed by atoms with Crippen LogP contribution in [-0.2, 0) is 9.53 Å². The molecule has 0 unspecified atom stereocenters. The molecule has 1 aromatic heterocycles. The Labute approximate surface area is 121 Å². The highest BCUT2D eigenvalue weighted by molar-refractivity contribution is 7.03. The van der Waals surface area contributed by atoms with E-state index in [-0.39, 0.29) is 24.9 Å². The quantitative estimate of drug-likeness (QED) is 0.892. The van der Waals surface area contributed by atoms with Crippen molar-refractivity contribution in [3.63, 3.8) is 0 Å². The Bertz CT molecular complexity index is 482. The maximum absolute atomic E-state index is 12.6. The van der Waals surface area contributed by atoms with Gasteiger partial charge in [-0.3, -0.25) is 9.59 Å². The minimum Gasteiger partial charge on any atom is -0.481 e. The van der Waals surface area contributed by atoms with Gasteiger partial charge in [0.25, 0.3) is 5.91 Å². The topological polar surface area (TPSA) is 79.7 Å². The van der Waals surface area contributed by atoms with Gasteiger partial charge in [0.15, 0.2) is 0 Å². The fourth-order valence-electron chi connectivity index (χ4n) is 2.32. The predicted octanol–water partition coefficient (Wildman–Crippen LogP) is 1.55. The molecule has 6 nitrogen and oxygen atoms in total. The summed E-state index contributed by atoms with van der Waals surface area (Å²) < 4.78 is 9.42. The smallest absolute Gasteiger partial charge is 0.305 e. The van der Waals surface area contributed by atoms with Gasteiger partial charge in [0.05, 0.1) is 17.7 Å². The monoisotopic (exact) mass is 298 g/mol. The number of hydrogen-bond acceptors (Lipinski definition) is 5. The number of nitrogens with zero attached hydrogens (tertiary/aromatic N) is 2. The zero-order chi connectivity index (χ0) is 14.5. The van der Waals surface area contributed by atoms with E-state index in [2.05, 4.69) is 4.37 Å². The molecule has 1 aliphatic heterocycles. The molecule has 7 heteroatoms. The SMILES string of the molecule is Cc1nscc1C(=O)N(CCC(=O)O)C1CCOCC1. The van der Waals surface area contributed by atoms with Crippen LogP contribution in [0.1, 0.15) is 35.3 Å². The molecule has 1 fully saturated rings. The van der Waals surface area contributed by atoms with Crippen LogP contribution in [-0.4, -0.2) is 52.1 Å². The third-order valence-electron chi connectivity index (χ3n) is 3.44. The fourth-order valence-corrected chi connectivity index (χ4v) is 3.00. The van der Waals surface area contributed by atoms with Gasteiger partial charge in [-0.2, -0.15) is 4.37 Å². The molecule has 0 radical (unpaired) electrons. The van der Waals surface area contributed by atoms with Crippen molar-refractivity contribution in [2.24, 2.45) is 0 Å². The minimum atomic E-state index is -0.893. The summed E-state index contributed by atoms with van der Waals surface area (Å²) in [5.41, 5.74) is 1.28. The molecule has 2 heterocycles. The number of amides is 1. The molecule has 2 rings (SSSR count). The van der Waals surface area contributed by atoms with E-state index in [4.69, 9.17) is 9.84 Å². The van der Waals surface area contributed by atoms with Crippen molar-refractivity contribution in [2.45, 2.75) is 32.2 Å². The van der Waals surface area contributed by atoms with E-state index in [0.717, 1.165) is 12.8 Å². The van der Waals surface area contributed by atoms with E-state index in [1.54, 1.807) is 17.2 Å². The van der Waals surface area contributed by atoms with Crippen LogP contribution in [0, 0.1) is 6.92 Å². The Kier molecular flexibility index (Phi) is 5.08. The number of aromatic nitrogens is 1. The number of carbonyl (C=O) groups excluding carboxylic acids is 1. The van der Waals surface area contributed by atoms with Crippen LogP contribution in [0.4, 0.5) is 0 Å². The molecule has 0 aromatic carbocycles. The van der Waals surface area contributed by atoms with E-state index in [1.807, 2.05) is 0 Å². The summed E-state index contributed by atoms with van der Waals surface area (Å²) in [6.45, 7) is 3.25. The molecule has 1 saturated heterocycles. The number of aliphatic carboxylic acids is 1. The summed E-state index contributed by atoms with van der Waals surface area (Å²) in [6.07, 6.45) is 1.46. The first-order chi connectivity index (χ1) is 9.59. The van der Waals surface area contributed by atoms with Gasteiger partial charge in [-0.15, -0.1) is 0 Å². The largest absolute Gasteiger partial charge is 0.481 e. The number of hydrogen-bond donors (Lipinski definition) is 1. The van der Waals surface area contributed by atoms with Gasteiger partial charge in [-0.05, 0) is 31.3 Å². The minimum absolute atomic E-state index is 0.0420. The highest BCUT2D eigenvalue weighted by atomic mass is 32.1. The molecule has 1 amide bonds. The summed E-state index contributed by atoms with van der Waals surface area (Å²) in [7, 11) is 0. The first-order valence-corrected chi connectivity index (χ1v) is 7.44. The van der Waals surface area contributed by atoms with Crippen molar-refractivity contribution in [1.82, 2.24) is 9.27 Å². The van der Waals surface area contributed by atoms with Crippen LogP contribution >= 0.6 is 11.5 Å². The van der Waals surface area contributed by atoms with E-state index in [0.29, 0.717) is 24.5 Å². The molecule has 1 aromatic rings. The zero-order valence-electron chi connectivity index (χ0n) is 11.4. The molecule has 1 N–H and O–H groups in total. The fraction of sp³-hybridized carbons (Fsp3) is 0.615. The molecular formula is C13H18N2O4S. The van der Waals surface area contributed by atoms with Crippen LogP contribution < -0.4 is 0 Å². The number of ether oxygens (including phenoxy) is 1. The van der Waals surface area contributed by atoms with Crippen molar-refractivity contribution in [2.75, 3.05) is 19.8 Å². The molecule has 110 valence electrons. The lowest BCUT2D eigenvalue weighted by molar-refractivity contribution is -0.137. The highest BCUT2D eigenvalue weighted by Gasteiger charge is 2.28. The molecule has 0 aliphatic carbocycles. The van der Waals surface area contributed by atoms with Gasteiger partial charge in [0, 0.05) is 31.2 Å². The predicted molar refractivity (Wildman–Crippen MR) is 74.0 cm³/mol. The Morgan fingerprint density at radius 1 is 1.50 bits per heavy atom. The number of carboxylic acid groups (broad SMARTS) is 1. The number of aryl methyl sites for hydroxylation is 1. The average Bonchev–Trinajstić information content (AvgIpc) is 2.86. The summed E-state index contributed by atoms with van der Waals surface area (Å²) in [4.78, 5) is 25.1. The van der Waals surface area contributed by atoms with Crippen molar-refractivity contribution in [3.8, 4) is 0 Å². The van der Waals surface area contributed by atoms with Crippen molar-refractivity contribution in [1.29, 1.82) is 0 Å². The van der Waals surface area contributed by atoms with Gasteiger partial charge < -0.3 is 14.7 Å². The highest BCUT2D eigenvalue weighted by Crippen LogP contribution is 2.20. The maximum Gasteiger partial charge on any atom is 0.305 e. The van der Waals surface area contributed by atoms with Crippen LogP contribution in [0.3, 0.4) is 0 Å². The maximum atomic E-state index is 12.6. The van der Waals surface area contributed by atoms with Gasteiger partial charge in [-0.1, -0.05) is 0 Å². The lowest BCUT2D eigenvalue weighted by Crippen LogP contribution is -2.44. The van der Waals surface area contributed by atoms with Crippen LogP contribution in [0.5, 0.6) is 0 Å². The molecule has 0 saturated carbocycles. The lowest BCUT2D eigenvalue weighted by Gasteiger charge is -2.34. The Morgan fingerprint density at radius 3 is 2.75 bits per heavy atom. The van der Waals surface area contributed by atoms with E-state index >= 15 is 0 Å². The molecule has 0 atom stereocenters. The van der Waals surface area contributed by atoms with Gasteiger partial charge in [0.2, 0.25) is 0 Å². The normalized spacial score (nSPS) is 16.1. The van der Waals surface area contributed by atoms with E-state index < -0.39 is 5.97 Å². The molecule has 20 heavy (non-hydrogen) atoms. The van der Waals surface area contributed by atoms with Crippen molar-refractivity contribution >= 4 is 23.4 Å². The van der Waals surface area contributed by atoms with Gasteiger partial charge in [0.1, 0.15) is 0 Å². The third-order valence-corrected chi connectivity index (χ3v) is 4.16. The summed E-state index contributed by atoms with van der Waals surface area (Å²) >= 11 is 1.24. The molecule has 1 aliphatic rings. The summed E-state index contributed by atoms with van der Waals surface area (Å²) in [5, 5.41) is 10.6. The van der Waals surface area contributed by atoms with Gasteiger partial charge in [-0.25, -0.2) is 0 Å². The number of carbonyl (C=O) groups is 2. The Balaban J connectivity index is 2.14. The Morgan fingerprint density at radius 2 is 2.20 bits per heavy atom. The second kappa shape index (κ2) is 6.81. The lowest BCUT2D eigenvalue weighted by atomic mass is 10.1. The number of rotatable bonds is 5. The van der Waals surface area contributed by atoms with Crippen LogP contribution in [0.15, 0.2) is 5.38 Å². The number of carboxylic acids is 1. The summed E-state index contributed by atoms with van der Waals surface area (Å²) in [5.74, 6) is -1.01.